The van der Waals surface area contributed by atoms with Crippen molar-refractivity contribution in [2.75, 3.05) is 5.73 Å². The fourth-order valence-corrected chi connectivity index (χ4v) is 1.04. The number of nitrogens with two attached hydrogens (primary N) is 1. The third kappa shape index (κ3) is 3.16. The fourth-order valence-electron chi connectivity index (χ4n) is 1.04. The molecule has 0 radical (unpaired) electrons. The molecule has 15 heavy (non-hydrogen) atoms. The summed E-state index contributed by atoms with van der Waals surface area (Å²) in [7, 11) is 0. The third-order valence-corrected chi connectivity index (χ3v) is 1.61. The van der Waals surface area contributed by atoms with E-state index in [1.54, 1.807) is 0 Å². The van der Waals surface area contributed by atoms with Gasteiger partial charge in [-0.1, -0.05) is 0 Å². The number of nitrogen functional groups attached to an aromatic ring is 1. The molecule has 0 aliphatic carbocycles. The molecule has 82 valence electrons. The van der Waals surface area contributed by atoms with Gasteiger partial charge in [-0.05, 0) is 25.1 Å². The van der Waals surface area contributed by atoms with E-state index in [9.17, 15) is 18.0 Å². The van der Waals surface area contributed by atoms with Gasteiger partial charge in [-0.2, -0.15) is 0 Å². The molecule has 0 aromatic heterocycles. The average molecular weight is 219 g/mol. The Balaban J connectivity index is 3.12. The highest BCUT2D eigenvalue weighted by Crippen LogP contribution is 2.28. The molecule has 2 N–H and O–H groups in total. The Hall–Kier alpha value is -1.72. The average Bonchev–Trinajstić information content (AvgIpc) is 2.05. The Morgan fingerprint density at radius 1 is 1.40 bits per heavy atom. The van der Waals surface area contributed by atoms with E-state index < -0.39 is 17.9 Å². The normalized spacial score (nSPS) is 11.2. The number of carbonyl (C=O) groups excluding carboxylic acids is 1. The highest BCUT2D eigenvalue weighted by molar-refractivity contribution is 5.97. The molecule has 0 fully saturated rings. The number of benzene rings is 1. The van der Waals surface area contributed by atoms with Crippen LogP contribution in [0.5, 0.6) is 5.75 Å². The molecule has 6 heteroatoms. The van der Waals surface area contributed by atoms with Gasteiger partial charge in [0.2, 0.25) is 0 Å². The van der Waals surface area contributed by atoms with Crippen LogP contribution in [0.1, 0.15) is 17.3 Å². The molecule has 0 amide bonds. The number of hydrogen-bond acceptors (Lipinski definition) is 3. The summed E-state index contributed by atoms with van der Waals surface area (Å²) in [4.78, 5) is 11.0. The van der Waals surface area contributed by atoms with Gasteiger partial charge in [0.25, 0.3) is 0 Å². The molecule has 0 aliphatic rings. The van der Waals surface area contributed by atoms with Gasteiger partial charge < -0.3 is 10.5 Å². The smallest absolute Gasteiger partial charge is 0.405 e. The molecule has 0 saturated heterocycles. The number of anilines is 1. The lowest BCUT2D eigenvalue weighted by atomic mass is 10.1. The van der Waals surface area contributed by atoms with Gasteiger partial charge in [-0.15, -0.1) is 13.2 Å². The zero-order chi connectivity index (χ0) is 11.6. The van der Waals surface area contributed by atoms with Crippen molar-refractivity contribution >= 4 is 11.5 Å². The minimum absolute atomic E-state index is 0.188. The Labute approximate surface area is 83.6 Å². The summed E-state index contributed by atoms with van der Waals surface area (Å²) >= 11 is 0. The van der Waals surface area contributed by atoms with E-state index in [0.29, 0.717) is 0 Å². The number of ketones is 1. The van der Waals surface area contributed by atoms with Gasteiger partial charge in [0.1, 0.15) is 5.75 Å². The zero-order valence-corrected chi connectivity index (χ0v) is 7.76. The monoisotopic (exact) mass is 219 g/mol. The molecule has 0 aliphatic heterocycles. The van der Waals surface area contributed by atoms with E-state index in [0.717, 1.165) is 19.1 Å². The lowest BCUT2D eigenvalue weighted by Crippen LogP contribution is -2.18. The van der Waals surface area contributed by atoms with Crippen molar-refractivity contribution in [1.29, 1.82) is 0 Å². The maximum Gasteiger partial charge on any atom is 0.573 e. The second-order valence-corrected chi connectivity index (χ2v) is 2.86. The molecule has 1 aromatic rings. The Morgan fingerprint density at radius 3 is 2.47 bits per heavy atom. The van der Waals surface area contributed by atoms with E-state index in [-0.39, 0.29) is 11.3 Å². The van der Waals surface area contributed by atoms with Crippen LogP contribution in [-0.4, -0.2) is 12.1 Å². The van der Waals surface area contributed by atoms with Crippen LogP contribution in [0, 0.1) is 0 Å². The topological polar surface area (TPSA) is 52.3 Å². The predicted octanol–water partition coefficient (Wildman–Crippen LogP) is 2.37. The van der Waals surface area contributed by atoms with Crippen LogP contribution in [-0.2, 0) is 0 Å². The van der Waals surface area contributed by atoms with Gasteiger partial charge >= 0.3 is 6.36 Å². The number of rotatable bonds is 2. The first-order chi connectivity index (χ1) is 6.79. The molecule has 0 bridgehead atoms. The van der Waals surface area contributed by atoms with E-state index >= 15 is 0 Å². The van der Waals surface area contributed by atoms with Gasteiger partial charge in [0, 0.05) is 5.69 Å². The third-order valence-electron chi connectivity index (χ3n) is 1.61. The van der Waals surface area contributed by atoms with Crippen LogP contribution in [0.3, 0.4) is 0 Å². The van der Waals surface area contributed by atoms with E-state index in [1.165, 1.54) is 6.07 Å². The summed E-state index contributed by atoms with van der Waals surface area (Å²) in [6.07, 6.45) is -4.82. The van der Waals surface area contributed by atoms with Crippen molar-refractivity contribution in [3.8, 4) is 5.75 Å². The van der Waals surface area contributed by atoms with Gasteiger partial charge in [-0.25, -0.2) is 0 Å². The SMILES string of the molecule is CC(=O)c1cc(N)ccc1OC(F)(F)F. The molecule has 1 aromatic carbocycles. The standard InChI is InChI=1S/C9H8F3NO2/c1-5(14)7-4-6(13)2-3-8(7)15-9(10,11)12/h2-4H,13H2,1H3. The maximum atomic E-state index is 11.9. The quantitative estimate of drug-likeness (QED) is 0.613. The second-order valence-electron chi connectivity index (χ2n) is 2.86. The van der Waals surface area contributed by atoms with Crippen LogP contribution in [0.15, 0.2) is 18.2 Å². The summed E-state index contributed by atoms with van der Waals surface area (Å²) in [5.41, 5.74) is 5.36. The van der Waals surface area contributed by atoms with Crippen molar-refractivity contribution in [3.05, 3.63) is 23.8 Å². The molecule has 0 saturated carbocycles. The molecular weight excluding hydrogens is 211 g/mol. The largest absolute Gasteiger partial charge is 0.573 e. The first kappa shape index (κ1) is 11.4. The van der Waals surface area contributed by atoms with E-state index in [2.05, 4.69) is 4.74 Å². The maximum absolute atomic E-state index is 11.9. The molecular formula is C9H8F3NO2. The van der Waals surface area contributed by atoms with Crippen LogP contribution < -0.4 is 10.5 Å². The molecule has 0 heterocycles. The van der Waals surface area contributed by atoms with Gasteiger partial charge in [0.05, 0.1) is 5.56 Å². The Kier molecular flexibility index (Phi) is 2.88. The summed E-state index contributed by atoms with van der Waals surface area (Å²) in [5, 5.41) is 0. The molecule has 0 atom stereocenters. The first-order valence-electron chi connectivity index (χ1n) is 3.96. The highest BCUT2D eigenvalue weighted by atomic mass is 19.4. The molecule has 3 nitrogen and oxygen atoms in total. The first-order valence-corrected chi connectivity index (χ1v) is 3.96. The van der Waals surface area contributed by atoms with Crippen molar-refractivity contribution in [2.45, 2.75) is 13.3 Å². The molecule has 1 rings (SSSR count). The lowest BCUT2D eigenvalue weighted by Gasteiger charge is -2.11. The van der Waals surface area contributed by atoms with Gasteiger partial charge in [0.15, 0.2) is 5.78 Å². The minimum atomic E-state index is -4.82. The van der Waals surface area contributed by atoms with Crippen LogP contribution in [0.2, 0.25) is 0 Å². The second kappa shape index (κ2) is 3.80. The Bertz CT molecular complexity index is 387. The summed E-state index contributed by atoms with van der Waals surface area (Å²) < 4.78 is 39.4. The number of alkyl halides is 3. The summed E-state index contributed by atoms with van der Waals surface area (Å²) in [6.45, 7) is 1.14. The number of ether oxygens (including phenoxy) is 1. The van der Waals surface area contributed by atoms with Crippen LogP contribution in [0.4, 0.5) is 18.9 Å². The number of halogens is 3. The fraction of sp³-hybridized carbons (Fsp3) is 0.222. The summed E-state index contributed by atoms with van der Waals surface area (Å²) in [6, 6.07) is 3.39. The number of hydrogen-bond donors (Lipinski definition) is 1. The van der Waals surface area contributed by atoms with Crippen molar-refractivity contribution in [3.63, 3.8) is 0 Å². The van der Waals surface area contributed by atoms with Crippen LogP contribution >= 0.6 is 0 Å². The summed E-state index contributed by atoms with van der Waals surface area (Å²) in [5.74, 6) is -1.08. The predicted molar refractivity (Wildman–Crippen MR) is 47.5 cm³/mol. The minimum Gasteiger partial charge on any atom is -0.405 e. The van der Waals surface area contributed by atoms with Crippen molar-refractivity contribution < 1.29 is 22.7 Å². The molecule has 0 unspecified atom stereocenters. The number of carbonyl (C=O) groups is 1. The lowest BCUT2D eigenvalue weighted by molar-refractivity contribution is -0.274. The number of Topliss-reactive ketones (excluding diaryl/α,β-unsaturated/α-hetero) is 1. The van der Waals surface area contributed by atoms with Crippen molar-refractivity contribution in [2.24, 2.45) is 0 Å². The van der Waals surface area contributed by atoms with Crippen LogP contribution in [0.25, 0.3) is 0 Å². The van der Waals surface area contributed by atoms with E-state index in [1.807, 2.05) is 0 Å². The Morgan fingerprint density at radius 2 is 2.00 bits per heavy atom. The highest BCUT2D eigenvalue weighted by Gasteiger charge is 2.32. The van der Waals surface area contributed by atoms with E-state index in [4.69, 9.17) is 5.73 Å². The zero-order valence-electron chi connectivity index (χ0n) is 7.76. The molecule has 0 spiro atoms. The van der Waals surface area contributed by atoms with Crippen molar-refractivity contribution in [1.82, 2.24) is 0 Å². The van der Waals surface area contributed by atoms with Gasteiger partial charge in [-0.3, -0.25) is 4.79 Å².